The van der Waals surface area contributed by atoms with E-state index in [2.05, 4.69) is 0 Å². The van der Waals surface area contributed by atoms with Gasteiger partial charge in [-0.2, -0.15) is 0 Å². The first-order valence-corrected chi connectivity index (χ1v) is 11.7. The van der Waals surface area contributed by atoms with Crippen molar-refractivity contribution in [2.75, 3.05) is 27.5 Å². The highest BCUT2D eigenvalue weighted by Crippen LogP contribution is 2.39. The number of ketones is 2. The van der Waals surface area contributed by atoms with Gasteiger partial charge in [0.25, 0.3) is 0 Å². The van der Waals surface area contributed by atoms with Crippen LogP contribution in [-0.4, -0.2) is 78.0 Å². The van der Waals surface area contributed by atoms with Gasteiger partial charge in [0, 0.05) is 44.7 Å². The number of rotatable bonds is 14. The normalized spacial score (nSPS) is 19.1. The average molecular weight is 486 g/mol. The molecule has 1 heterocycles. The van der Waals surface area contributed by atoms with E-state index >= 15 is 0 Å². The molecule has 10 nitrogen and oxygen atoms in total. The van der Waals surface area contributed by atoms with Gasteiger partial charge < -0.3 is 13.7 Å². The first kappa shape index (κ1) is 24.6. The summed E-state index contributed by atoms with van der Waals surface area (Å²) in [6, 6.07) is 2.93. The summed E-state index contributed by atoms with van der Waals surface area (Å²) >= 11 is 0.628. The smallest absolute Gasteiger partial charge is 0.219 e. The Kier molecular flexibility index (Phi) is 8.99. The Morgan fingerprint density at radius 1 is 1.28 bits per heavy atom. The molecule has 2 rings (SSSR count). The maximum absolute atomic E-state index is 12.8. The van der Waals surface area contributed by atoms with Crippen molar-refractivity contribution in [3.05, 3.63) is 28.8 Å². The lowest BCUT2D eigenvalue weighted by Crippen LogP contribution is -2.31. The third-order valence-electron chi connectivity index (χ3n) is 4.95. The van der Waals surface area contributed by atoms with Crippen molar-refractivity contribution in [3.8, 4) is 5.75 Å². The van der Waals surface area contributed by atoms with Crippen molar-refractivity contribution in [1.29, 1.82) is 1.34 Å². The molecule has 0 N–H and O–H groups in total. The molecule has 1 saturated heterocycles. The third kappa shape index (κ3) is 6.04. The first-order chi connectivity index (χ1) is 15.7. The lowest BCUT2D eigenvalue weighted by Gasteiger charge is -2.25. The minimum atomic E-state index is -3.73. The average Bonchev–Trinajstić information content (AvgIpc) is 3.05. The molecule has 1 aliphatic rings. The van der Waals surface area contributed by atoms with Gasteiger partial charge in [0.1, 0.15) is 17.1 Å². The number of sulfonamides is 1. The number of aldehydes is 2. The summed E-state index contributed by atoms with van der Waals surface area (Å²) in [7, 11) is -0.0292. The molecule has 0 aliphatic carbocycles. The molecule has 1 aliphatic heterocycles. The Labute approximate surface area is 192 Å². The summed E-state index contributed by atoms with van der Waals surface area (Å²) in [4.78, 5) is 45.8. The maximum Gasteiger partial charge on any atom is 0.219 e. The molecule has 0 bridgehead atoms. The van der Waals surface area contributed by atoms with E-state index in [1.54, 1.807) is 0 Å². The van der Waals surface area contributed by atoms with E-state index in [9.17, 15) is 27.6 Å². The Hall–Kier alpha value is -2.06. The predicted octanol–water partition coefficient (Wildman–Crippen LogP) is -0.154. The maximum atomic E-state index is 12.8. The summed E-state index contributed by atoms with van der Waals surface area (Å²) in [6.07, 6.45) is -1.33. The van der Waals surface area contributed by atoms with Crippen LogP contribution in [0.2, 0.25) is 0 Å². The van der Waals surface area contributed by atoms with Crippen molar-refractivity contribution in [1.82, 2.24) is 4.31 Å². The monoisotopic (exact) mass is 486 g/mol. The number of carbonyl (C=O) groups is 4. The van der Waals surface area contributed by atoms with E-state index in [0.717, 1.165) is 7.09 Å². The number of benzene rings is 1. The van der Waals surface area contributed by atoms with E-state index in [4.69, 9.17) is 15.0 Å². The Morgan fingerprint density at radius 2 is 1.88 bits per heavy atom. The van der Waals surface area contributed by atoms with Crippen LogP contribution in [-0.2, 0) is 51.0 Å². The highest BCUT2D eigenvalue weighted by molar-refractivity contribution is 8.15. The number of Topliss-reactive ketones (excluding diaryl/α,β-unsaturated/α-hetero) is 2. The molecule has 13 heteroatoms. The number of hydrogen-bond donors (Lipinski definition) is 0. The van der Waals surface area contributed by atoms with E-state index in [0.29, 0.717) is 17.5 Å². The number of hydrogen-bond acceptors (Lipinski definition) is 10. The fraction of sp³-hybridized carbons (Fsp3) is 0.474. The zero-order chi connectivity index (χ0) is 24.6. The van der Waals surface area contributed by atoms with Crippen molar-refractivity contribution in [2.45, 2.75) is 30.6 Å². The van der Waals surface area contributed by atoms with Crippen LogP contribution in [0.4, 0.5) is 0 Å². The Morgan fingerprint density at radius 3 is 2.31 bits per heavy atom. The van der Waals surface area contributed by atoms with Gasteiger partial charge in [-0.05, 0) is 25.5 Å². The third-order valence-corrected chi connectivity index (χ3v) is 7.57. The molecule has 173 valence electrons. The van der Waals surface area contributed by atoms with E-state index in [1.165, 1.54) is 30.6 Å². The lowest BCUT2D eigenvalue weighted by molar-refractivity contribution is -0.129. The molecular weight excluding hydrogens is 461 g/mol. The summed E-state index contributed by atoms with van der Waals surface area (Å²) in [5.41, 5.74) is 0.695. The second-order valence-corrected chi connectivity index (χ2v) is 9.69. The molecular formula is C19H23BNO9S2. The molecule has 2 unspecified atom stereocenters. The zero-order valence-corrected chi connectivity index (χ0v) is 19.1. The zero-order valence-electron chi connectivity index (χ0n) is 18.5. The number of nitrogens with zero attached hydrogens (tertiary/aromatic N) is 1. The van der Waals surface area contributed by atoms with Crippen LogP contribution in [0.1, 0.15) is 29.2 Å². The molecule has 0 spiro atoms. The van der Waals surface area contributed by atoms with Gasteiger partial charge in [0.2, 0.25) is 17.1 Å². The Bertz CT molecular complexity index is 962. The second kappa shape index (κ2) is 11.7. The van der Waals surface area contributed by atoms with Gasteiger partial charge in [0.05, 0.1) is 0 Å². The van der Waals surface area contributed by atoms with Crippen molar-refractivity contribution in [3.63, 3.8) is 0 Å². The number of ether oxygens (including phenoxy) is 2. The summed E-state index contributed by atoms with van der Waals surface area (Å²) in [6.45, 7) is 0.0272. The lowest BCUT2D eigenvalue weighted by atomic mass is 9.93. The molecule has 0 saturated carbocycles. The van der Waals surface area contributed by atoms with Crippen LogP contribution in [0.25, 0.3) is 0 Å². The summed E-state index contributed by atoms with van der Waals surface area (Å²) in [5, 5.41) is -0.995. The van der Waals surface area contributed by atoms with Gasteiger partial charge in [0.15, 0.2) is 30.9 Å². The number of carbonyl (C=O) groups excluding carboxylic acids is 4. The van der Waals surface area contributed by atoms with Gasteiger partial charge in [-0.15, -0.1) is 0 Å². The topological polar surface area (TPSA) is 133 Å². The number of methoxy groups -OCH3 is 1. The van der Waals surface area contributed by atoms with Crippen LogP contribution in [0.3, 0.4) is 0 Å². The van der Waals surface area contributed by atoms with E-state index in [-0.39, 0.29) is 62.0 Å². The van der Waals surface area contributed by atoms with Gasteiger partial charge in [-0.1, -0.05) is 11.9 Å². The molecule has 32 heavy (non-hydrogen) atoms. The highest BCUT2D eigenvalue weighted by atomic mass is 32.2. The van der Waals surface area contributed by atoms with Gasteiger partial charge in [-0.3, -0.25) is 19.2 Å². The highest BCUT2D eigenvalue weighted by Gasteiger charge is 2.43. The molecule has 0 aromatic heterocycles. The van der Waals surface area contributed by atoms with Crippen molar-refractivity contribution >= 4 is 53.1 Å². The largest absolute Gasteiger partial charge is 0.467 e. The van der Waals surface area contributed by atoms with Crippen molar-refractivity contribution in [2.24, 2.45) is 0 Å². The summed E-state index contributed by atoms with van der Waals surface area (Å²) < 4.78 is 50.2. The van der Waals surface area contributed by atoms with Gasteiger partial charge in [-0.25, -0.2) is 12.7 Å². The van der Waals surface area contributed by atoms with E-state index in [1.807, 2.05) is 0 Å². The van der Waals surface area contributed by atoms with Crippen LogP contribution in [0.15, 0.2) is 12.1 Å². The molecule has 1 aromatic carbocycles. The fourth-order valence-electron chi connectivity index (χ4n) is 3.49. The predicted molar refractivity (Wildman–Crippen MR) is 117 cm³/mol. The first-order valence-electron chi connectivity index (χ1n) is 9.98. The Balaban J connectivity index is 2.68. The van der Waals surface area contributed by atoms with Crippen molar-refractivity contribution < 1.29 is 41.3 Å². The minimum Gasteiger partial charge on any atom is -0.467 e. The van der Waals surface area contributed by atoms with Crippen LogP contribution < -0.4 is 4.74 Å². The molecule has 1 fully saturated rings. The quantitative estimate of drug-likeness (QED) is 0.115. The standard InChI is InChI=1S/C19H23BNO9S2/c1-21-4-3-17(32(21,26)27)19(30-31-20)12-5-13(7-15(24)9-22)18(29-11-28-2)14(6-12)8-16(25)10-23/h5-6,9-10,17,19-20H,3-4,7-8,11H2,1-2H3/i20T. The van der Waals surface area contributed by atoms with Crippen LogP contribution >= 0.6 is 11.9 Å². The van der Waals surface area contributed by atoms with E-state index < -0.39 is 32.9 Å². The molecule has 2 atom stereocenters. The molecule has 1 aromatic rings. The van der Waals surface area contributed by atoms with Gasteiger partial charge >= 0.3 is 0 Å². The van der Waals surface area contributed by atoms with Crippen LogP contribution in [0, 0.1) is 0 Å². The SMILES string of the molecule is [3H][B]SOC(c1cc(CC(=O)C=O)c(OCOC)c(CC(=O)C=O)c1)C1CCN(C)S1(=O)=O. The molecule has 1 radical (unpaired) electrons. The fourth-order valence-corrected chi connectivity index (χ4v) is 5.67. The van der Waals surface area contributed by atoms with Crippen LogP contribution in [0.5, 0.6) is 5.75 Å². The molecule has 0 amide bonds. The minimum absolute atomic E-state index is 0.0795. The second-order valence-electron chi connectivity index (χ2n) is 7.05. The summed E-state index contributed by atoms with van der Waals surface area (Å²) in [5.74, 6) is -1.47.